The third kappa shape index (κ3) is 2.82. The zero-order chi connectivity index (χ0) is 19.1. The van der Waals surface area contributed by atoms with Crippen LogP contribution in [0.5, 0.6) is 0 Å². The van der Waals surface area contributed by atoms with Gasteiger partial charge in [0.2, 0.25) is 0 Å². The minimum Gasteiger partial charge on any atom is -0.396 e. The number of benzene rings is 1. The molecule has 0 aliphatic rings. The summed E-state index contributed by atoms with van der Waals surface area (Å²) in [5.74, 6) is 0.355. The van der Waals surface area contributed by atoms with Gasteiger partial charge in [0.1, 0.15) is 30.0 Å². The van der Waals surface area contributed by atoms with Crippen molar-refractivity contribution in [3.05, 3.63) is 59.2 Å². The summed E-state index contributed by atoms with van der Waals surface area (Å²) in [4.78, 5) is 21.5. The molecule has 0 spiro atoms. The molecule has 0 amide bonds. The Kier molecular flexibility index (Phi) is 3.91. The van der Waals surface area contributed by atoms with E-state index in [2.05, 4.69) is 20.2 Å². The van der Waals surface area contributed by atoms with Crippen LogP contribution in [0, 0.1) is 5.82 Å². The van der Waals surface area contributed by atoms with E-state index in [9.17, 15) is 9.18 Å². The molecule has 3 aromatic heterocycles. The monoisotopic (exact) mass is 365 g/mol. The number of halogens is 1. The van der Waals surface area contributed by atoms with Gasteiger partial charge < -0.3 is 10.3 Å². The number of nitrogen functional groups attached to an aromatic ring is 1. The number of nitrogens with zero attached hydrogens (tertiary/aromatic N) is 6. The fourth-order valence-corrected chi connectivity index (χ4v) is 2.81. The quantitative estimate of drug-likeness (QED) is 0.559. The summed E-state index contributed by atoms with van der Waals surface area (Å²) in [6, 6.07) is 7.83. The molecule has 0 fully saturated rings. The zero-order valence-electron chi connectivity index (χ0n) is 14.7. The van der Waals surface area contributed by atoms with Crippen molar-refractivity contribution < 1.29 is 4.39 Å². The molecule has 0 saturated carbocycles. The van der Waals surface area contributed by atoms with Gasteiger partial charge in [0.15, 0.2) is 5.82 Å². The van der Waals surface area contributed by atoms with Crippen molar-refractivity contribution in [2.75, 3.05) is 5.73 Å². The molecule has 27 heavy (non-hydrogen) atoms. The standard InChI is InChI=1S/C18H16FN7O/c1-10(2)25-9-22-24-17(25)14-4-3-5-16(23-14)26-8-21-15-7-12(19)13(20)6-11(15)18(26)27/h3-10H,20H2,1-2H3. The number of nitrogens with two attached hydrogens (primary N) is 1. The van der Waals surface area contributed by atoms with Crippen LogP contribution in [-0.2, 0) is 0 Å². The van der Waals surface area contributed by atoms with E-state index in [0.29, 0.717) is 17.3 Å². The maximum atomic E-state index is 13.6. The van der Waals surface area contributed by atoms with E-state index in [1.807, 2.05) is 18.4 Å². The Balaban J connectivity index is 1.87. The highest BCUT2D eigenvalue weighted by Gasteiger charge is 2.14. The van der Waals surface area contributed by atoms with Crippen molar-refractivity contribution in [1.82, 2.24) is 29.3 Å². The predicted molar refractivity (Wildman–Crippen MR) is 98.9 cm³/mol. The van der Waals surface area contributed by atoms with Crippen molar-refractivity contribution in [3.8, 4) is 17.3 Å². The van der Waals surface area contributed by atoms with Gasteiger partial charge in [-0.15, -0.1) is 10.2 Å². The summed E-state index contributed by atoms with van der Waals surface area (Å²) in [7, 11) is 0. The van der Waals surface area contributed by atoms with Crippen LogP contribution in [0.2, 0.25) is 0 Å². The Morgan fingerprint density at radius 1 is 1.19 bits per heavy atom. The van der Waals surface area contributed by atoms with Crippen molar-refractivity contribution in [2.24, 2.45) is 0 Å². The summed E-state index contributed by atoms with van der Waals surface area (Å²) in [6.07, 6.45) is 2.95. The molecule has 1 aromatic carbocycles. The fraction of sp³-hybridized carbons (Fsp3) is 0.167. The molecule has 9 heteroatoms. The van der Waals surface area contributed by atoms with Gasteiger partial charge in [-0.1, -0.05) is 6.07 Å². The van der Waals surface area contributed by atoms with Crippen molar-refractivity contribution in [2.45, 2.75) is 19.9 Å². The molecule has 0 atom stereocenters. The topological polar surface area (TPSA) is 105 Å². The van der Waals surface area contributed by atoms with E-state index in [1.165, 1.54) is 17.0 Å². The summed E-state index contributed by atoms with van der Waals surface area (Å²) in [6.45, 7) is 4.02. The molecule has 3 heterocycles. The van der Waals surface area contributed by atoms with Crippen molar-refractivity contribution in [3.63, 3.8) is 0 Å². The molecule has 0 unspecified atom stereocenters. The molecule has 4 rings (SSSR count). The SMILES string of the molecule is CC(C)n1cnnc1-c1cccc(-n2cnc3cc(F)c(N)cc3c2=O)n1. The first-order chi connectivity index (χ1) is 13.0. The van der Waals surface area contributed by atoms with Gasteiger partial charge in [-0.3, -0.25) is 9.36 Å². The third-order valence-corrected chi connectivity index (χ3v) is 4.22. The van der Waals surface area contributed by atoms with Crippen LogP contribution in [-0.4, -0.2) is 29.3 Å². The highest BCUT2D eigenvalue weighted by atomic mass is 19.1. The van der Waals surface area contributed by atoms with Gasteiger partial charge in [0.05, 0.1) is 16.6 Å². The minimum absolute atomic E-state index is 0.106. The lowest BCUT2D eigenvalue weighted by Gasteiger charge is -2.11. The van der Waals surface area contributed by atoms with E-state index in [0.717, 1.165) is 6.07 Å². The molecule has 0 saturated heterocycles. The highest BCUT2D eigenvalue weighted by Crippen LogP contribution is 2.20. The van der Waals surface area contributed by atoms with Gasteiger partial charge in [0.25, 0.3) is 5.56 Å². The number of hydrogen-bond acceptors (Lipinski definition) is 6. The minimum atomic E-state index is -0.611. The lowest BCUT2D eigenvalue weighted by molar-refractivity contribution is 0.603. The van der Waals surface area contributed by atoms with Crippen LogP contribution in [0.1, 0.15) is 19.9 Å². The molecule has 8 nitrogen and oxygen atoms in total. The molecule has 0 bridgehead atoms. The second kappa shape index (κ2) is 6.27. The van der Waals surface area contributed by atoms with Crippen LogP contribution in [0.15, 0.2) is 47.8 Å². The van der Waals surface area contributed by atoms with Gasteiger partial charge in [-0.05, 0) is 32.0 Å². The molecule has 0 aliphatic heterocycles. The normalized spacial score (nSPS) is 11.4. The third-order valence-electron chi connectivity index (χ3n) is 4.22. The Bertz CT molecular complexity index is 1210. The number of anilines is 1. The second-order valence-corrected chi connectivity index (χ2v) is 6.35. The first-order valence-corrected chi connectivity index (χ1v) is 8.29. The molecule has 4 aromatic rings. The average Bonchev–Trinajstić information content (AvgIpc) is 3.14. The number of fused-ring (bicyclic) bond motifs is 1. The fourth-order valence-electron chi connectivity index (χ4n) is 2.81. The van der Waals surface area contributed by atoms with Crippen LogP contribution >= 0.6 is 0 Å². The second-order valence-electron chi connectivity index (χ2n) is 6.35. The van der Waals surface area contributed by atoms with Crippen LogP contribution in [0.4, 0.5) is 10.1 Å². The number of hydrogen-bond donors (Lipinski definition) is 1. The predicted octanol–water partition coefficient (Wildman–Crippen LogP) is 2.34. The molecule has 0 radical (unpaired) electrons. The molecule has 0 aliphatic carbocycles. The van der Waals surface area contributed by atoms with Crippen molar-refractivity contribution in [1.29, 1.82) is 0 Å². The zero-order valence-corrected chi connectivity index (χ0v) is 14.7. The largest absolute Gasteiger partial charge is 0.396 e. The molecular weight excluding hydrogens is 349 g/mol. The smallest absolute Gasteiger partial charge is 0.267 e. The molecule has 136 valence electrons. The summed E-state index contributed by atoms with van der Waals surface area (Å²) < 4.78 is 16.8. The van der Waals surface area contributed by atoms with Crippen molar-refractivity contribution >= 4 is 16.6 Å². The molecular formula is C18H16FN7O. The number of rotatable bonds is 3. The van der Waals surface area contributed by atoms with E-state index >= 15 is 0 Å². The Hall–Kier alpha value is -3.62. The number of pyridine rings is 1. The maximum Gasteiger partial charge on any atom is 0.267 e. The van der Waals surface area contributed by atoms with Crippen LogP contribution < -0.4 is 11.3 Å². The first kappa shape index (κ1) is 16.8. The van der Waals surface area contributed by atoms with E-state index < -0.39 is 5.82 Å². The Morgan fingerprint density at radius 3 is 2.78 bits per heavy atom. The Labute approximate surface area is 153 Å². The summed E-state index contributed by atoms with van der Waals surface area (Å²) in [5.41, 5.74) is 5.91. The van der Waals surface area contributed by atoms with Crippen LogP contribution in [0.25, 0.3) is 28.2 Å². The lowest BCUT2D eigenvalue weighted by Crippen LogP contribution is -2.20. The van der Waals surface area contributed by atoms with E-state index in [-0.39, 0.29) is 28.2 Å². The highest BCUT2D eigenvalue weighted by molar-refractivity contribution is 5.81. The summed E-state index contributed by atoms with van der Waals surface area (Å²) in [5, 5.41) is 8.28. The maximum absolute atomic E-state index is 13.6. The summed E-state index contributed by atoms with van der Waals surface area (Å²) >= 11 is 0. The van der Waals surface area contributed by atoms with Gasteiger partial charge >= 0.3 is 0 Å². The van der Waals surface area contributed by atoms with E-state index in [4.69, 9.17) is 5.73 Å². The number of aromatic nitrogens is 6. The van der Waals surface area contributed by atoms with E-state index in [1.54, 1.807) is 24.5 Å². The van der Waals surface area contributed by atoms with Gasteiger partial charge in [-0.25, -0.2) is 14.4 Å². The van der Waals surface area contributed by atoms with Gasteiger partial charge in [0, 0.05) is 12.1 Å². The van der Waals surface area contributed by atoms with Gasteiger partial charge in [-0.2, -0.15) is 0 Å². The molecule has 2 N–H and O–H groups in total. The Morgan fingerprint density at radius 2 is 2.00 bits per heavy atom. The first-order valence-electron chi connectivity index (χ1n) is 8.29. The van der Waals surface area contributed by atoms with Crippen LogP contribution in [0.3, 0.4) is 0 Å². The average molecular weight is 365 g/mol. The lowest BCUT2D eigenvalue weighted by atomic mass is 10.2.